The predicted octanol–water partition coefficient (Wildman–Crippen LogP) is 7.37. The van der Waals surface area contributed by atoms with E-state index in [1.807, 2.05) is 35.0 Å². The van der Waals surface area contributed by atoms with Crippen LogP contribution in [-0.2, 0) is 11.3 Å². The number of nitrogens with one attached hydrogen (secondary N) is 1. The highest BCUT2D eigenvalue weighted by molar-refractivity contribution is 6.31. The summed E-state index contributed by atoms with van der Waals surface area (Å²) in [6.07, 6.45) is 1.72. The molecule has 0 aliphatic carbocycles. The van der Waals surface area contributed by atoms with Gasteiger partial charge in [-0.25, -0.2) is 9.18 Å². The van der Waals surface area contributed by atoms with Crippen molar-refractivity contribution < 1.29 is 13.9 Å². The lowest BCUT2D eigenvalue weighted by atomic mass is 9.98. The lowest BCUT2D eigenvalue weighted by Gasteiger charge is -2.12. The van der Waals surface area contributed by atoms with Gasteiger partial charge >= 0.3 is 5.97 Å². The minimum Gasteiger partial charge on any atom is -0.461 e. The highest BCUT2D eigenvalue weighted by atomic mass is 35.5. The van der Waals surface area contributed by atoms with Crippen LogP contribution in [0.2, 0.25) is 10.0 Å². The molecule has 0 amide bonds. The van der Waals surface area contributed by atoms with Gasteiger partial charge in [0, 0.05) is 32.1 Å². The molecule has 0 aliphatic heterocycles. The highest BCUT2D eigenvalue weighted by Gasteiger charge is 2.26. The lowest BCUT2D eigenvalue weighted by molar-refractivity contribution is 0.0521. The average molecular weight is 508 g/mol. The molecule has 8 heteroatoms. The third-order valence-corrected chi connectivity index (χ3v) is 6.20. The molecule has 2 aromatic heterocycles. The zero-order valence-electron chi connectivity index (χ0n) is 18.7. The van der Waals surface area contributed by atoms with Crippen molar-refractivity contribution >= 4 is 40.1 Å². The van der Waals surface area contributed by atoms with E-state index in [2.05, 4.69) is 10.1 Å². The highest BCUT2D eigenvalue weighted by Crippen LogP contribution is 2.40. The summed E-state index contributed by atoms with van der Waals surface area (Å²) in [5.74, 6) is -0.822. The minimum atomic E-state index is -0.487. The topological polar surface area (TPSA) is 59.9 Å². The fourth-order valence-electron chi connectivity index (χ4n) is 4.14. The quantitative estimate of drug-likeness (QED) is 0.244. The van der Waals surface area contributed by atoms with Crippen molar-refractivity contribution in [3.63, 3.8) is 0 Å². The van der Waals surface area contributed by atoms with Gasteiger partial charge in [-0.05, 0) is 54.4 Å². The van der Waals surface area contributed by atoms with Crippen LogP contribution in [0, 0.1) is 5.82 Å². The van der Waals surface area contributed by atoms with Gasteiger partial charge in [0.15, 0.2) is 0 Å². The number of halogens is 3. The molecule has 5 aromatic rings. The number of nitrogens with zero attached hydrogens (tertiary/aromatic N) is 2. The molecule has 0 spiro atoms. The molecule has 0 bridgehead atoms. The second-order valence-electron chi connectivity index (χ2n) is 7.98. The number of carbonyl (C=O) groups is 1. The molecule has 0 atom stereocenters. The van der Waals surface area contributed by atoms with E-state index in [4.69, 9.17) is 27.9 Å². The molecule has 176 valence electrons. The molecule has 5 rings (SSSR count). The lowest BCUT2D eigenvalue weighted by Crippen LogP contribution is -2.09. The zero-order chi connectivity index (χ0) is 24.5. The van der Waals surface area contributed by atoms with Gasteiger partial charge in [0.2, 0.25) is 0 Å². The standard InChI is InChI=1S/C27H20Cl2FN3O2/c1-2-35-27(34)25-24(21-12-9-19(29)13-23(21)32-25)26-22(17-5-10-20(30)11-6-17)14-31-33(26)15-16-3-7-18(28)8-4-16/h3-14,32H,2,15H2,1H3. The Balaban J connectivity index is 1.78. The van der Waals surface area contributed by atoms with Gasteiger partial charge in [-0.1, -0.05) is 53.5 Å². The molecule has 0 radical (unpaired) electrons. The molecule has 0 saturated carbocycles. The van der Waals surface area contributed by atoms with Crippen LogP contribution < -0.4 is 0 Å². The van der Waals surface area contributed by atoms with Gasteiger partial charge in [-0.3, -0.25) is 4.68 Å². The summed E-state index contributed by atoms with van der Waals surface area (Å²) in [6, 6.07) is 19.1. The molecule has 0 unspecified atom stereocenters. The number of esters is 1. The molecule has 0 fully saturated rings. The van der Waals surface area contributed by atoms with E-state index in [1.54, 1.807) is 37.4 Å². The van der Waals surface area contributed by atoms with E-state index in [0.717, 1.165) is 22.1 Å². The number of aromatic amines is 1. The van der Waals surface area contributed by atoms with E-state index in [0.29, 0.717) is 39.1 Å². The number of ether oxygens (including phenoxy) is 1. The Labute approximate surface area is 211 Å². The summed E-state index contributed by atoms with van der Waals surface area (Å²) in [5.41, 5.74) is 4.82. The van der Waals surface area contributed by atoms with E-state index < -0.39 is 5.97 Å². The maximum absolute atomic E-state index is 13.7. The maximum atomic E-state index is 13.7. The summed E-state index contributed by atoms with van der Waals surface area (Å²) < 4.78 is 20.9. The Hall–Kier alpha value is -3.61. The monoisotopic (exact) mass is 507 g/mol. The molecule has 35 heavy (non-hydrogen) atoms. The number of carbonyl (C=O) groups excluding carboxylic acids is 1. The molecular formula is C27H20Cl2FN3O2. The largest absolute Gasteiger partial charge is 0.461 e. The summed E-state index contributed by atoms with van der Waals surface area (Å²) in [5, 5.41) is 6.62. The number of aromatic nitrogens is 3. The van der Waals surface area contributed by atoms with Gasteiger partial charge in [-0.15, -0.1) is 0 Å². The summed E-state index contributed by atoms with van der Waals surface area (Å²) in [6.45, 7) is 2.41. The third kappa shape index (κ3) is 4.55. The molecule has 1 N–H and O–H groups in total. The first kappa shape index (κ1) is 23.1. The van der Waals surface area contributed by atoms with Crippen molar-refractivity contribution in [3.8, 4) is 22.4 Å². The number of benzene rings is 3. The number of rotatable bonds is 6. The predicted molar refractivity (Wildman–Crippen MR) is 136 cm³/mol. The first-order valence-electron chi connectivity index (χ1n) is 11.0. The van der Waals surface area contributed by atoms with Crippen molar-refractivity contribution in [1.29, 1.82) is 0 Å². The van der Waals surface area contributed by atoms with Gasteiger partial charge in [0.05, 0.1) is 25.0 Å². The van der Waals surface area contributed by atoms with Gasteiger partial charge in [0.1, 0.15) is 11.5 Å². The third-order valence-electron chi connectivity index (χ3n) is 5.72. The van der Waals surface area contributed by atoms with Crippen molar-refractivity contribution in [2.75, 3.05) is 6.61 Å². The minimum absolute atomic E-state index is 0.225. The second-order valence-corrected chi connectivity index (χ2v) is 8.86. The second kappa shape index (κ2) is 9.56. The van der Waals surface area contributed by atoms with Crippen LogP contribution in [0.5, 0.6) is 0 Å². The van der Waals surface area contributed by atoms with E-state index in [9.17, 15) is 9.18 Å². The Morgan fingerprint density at radius 3 is 2.46 bits per heavy atom. The van der Waals surface area contributed by atoms with Crippen LogP contribution in [0.4, 0.5) is 4.39 Å². The van der Waals surface area contributed by atoms with Gasteiger partial charge in [0.25, 0.3) is 0 Å². The van der Waals surface area contributed by atoms with Gasteiger partial charge in [-0.2, -0.15) is 5.10 Å². The number of hydrogen-bond donors (Lipinski definition) is 1. The van der Waals surface area contributed by atoms with Crippen molar-refractivity contribution in [1.82, 2.24) is 14.8 Å². The zero-order valence-corrected chi connectivity index (χ0v) is 20.2. The first-order valence-corrected chi connectivity index (χ1v) is 11.7. The summed E-state index contributed by atoms with van der Waals surface area (Å²) in [4.78, 5) is 16.2. The molecule has 0 aliphatic rings. The molecule has 0 saturated heterocycles. The molecular weight excluding hydrogens is 488 g/mol. The fourth-order valence-corrected chi connectivity index (χ4v) is 4.44. The van der Waals surface area contributed by atoms with Crippen LogP contribution in [0.15, 0.2) is 72.9 Å². The number of H-pyrrole nitrogens is 1. The normalized spacial score (nSPS) is 11.2. The molecule has 2 heterocycles. The van der Waals surface area contributed by atoms with Gasteiger partial charge < -0.3 is 9.72 Å². The van der Waals surface area contributed by atoms with Crippen LogP contribution in [0.1, 0.15) is 23.0 Å². The van der Waals surface area contributed by atoms with Crippen LogP contribution in [-0.4, -0.2) is 27.3 Å². The average Bonchev–Trinajstić information content (AvgIpc) is 3.41. The Morgan fingerprint density at radius 2 is 1.74 bits per heavy atom. The first-order chi connectivity index (χ1) is 16.9. The van der Waals surface area contributed by atoms with Crippen molar-refractivity contribution in [3.05, 3.63) is 100 Å². The van der Waals surface area contributed by atoms with Crippen LogP contribution in [0.3, 0.4) is 0 Å². The van der Waals surface area contributed by atoms with Crippen LogP contribution >= 0.6 is 23.2 Å². The Kier molecular flexibility index (Phi) is 6.32. The van der Waals surface area contributed by atoms with E-state index >= 15 is 0 Å². The summed E-state index contributed by atoms with van der Waals surface area (Å²) >= 11 is 12.3. The van der Waals surface area contributed by atoms with E-state index in [1.165, 1.54) is 12.1 Å². The Morgan fingerprint density at radius 1 is 1.03 bits per heavy atom. The number of fused-ring (bicyclic) bond motifs is 1. The fraction of sp³-hybridized carbons (Fsp3) is 0.111. The van der Waals surface area contributed by atoms with E-state index in [-0.39, 0.29) is 12.4 Å². The number of hydrogen-bond acceptors (Lipinski definition) is 3. The molecule has 5 nitrogen and oxygen atoms in total. The van der Waals surface area contributed by atoms with Crippen molar-refractivity contribution in [2.24, 2.45) is 0 Å². The SMILES string of the molecule is CCOC(=O)c1[nH]c2cc(Cl)ccc2c1-c1c(-c2ccc(F)cc2)cnn1Cc1ccc(Cl)cc1. The smallest absolute Gasteiger partial charge is 0.355 e. The maximum Gasteiger partial charge on any atom is 0.355 e. The van der Waals surface area contributed by atoms with Crippen LogP contribution in [0.25, 0.3) is 33.3 Å². The summed E-state index contributed by atoms with van der Waals surface area (Å²) in [7, 11) is 0. The Bertz CT molecular complexity index is 1520. The molecule has 3 aromatic carbocycles. The van der Waals surface area contributed by atoms with Crippen molar-refractivity contribution in [2.45, 2.75) is 13.5 Å².